The van der Waals surface area contributed by atoms with Crippen molar-refractivity contribution in [2.24, 2.45) is 0 Å². The summed E-state index contributed by atoms with van der Waals surface area (Å²) in [5.41, 5.74) is 0. The fourth-order valence-electron chi connectivity index (χ4n) is 1.44. The molecular weight excluding hydrogens is 212 g/mol. The highest BCUT2D eigenvalue weighted by Crippen LogP contribution is 2.13. The van der Waals surface area contributed by atoms with Gasteiger partial charge in [-0.1, -0.05) is 18.5 Å². The van der Waals surface area contributed by atoms with Gasteiger partial charge in [0.1, 0.15) is 22.6 Å². The summed E-state index contributed by atoms with van der Waals surface area (Å²) < 4.78 is 1.92. The highest BCUT2D eigenvalue weighted by Gasteiger charge is 2.06. The molecule has 0 aliphatic carbocycles. The van der Waals surface area contributed by atoms with E-state index in [-0.39, 0.29) is 0 Å². The van der Waals surface area contributed by atoms with Crippen LogP contribution in [0.5, 0.6) is 0 Å². The molecule has 15 heavy (non-hydrogen) atoms. The molecule has 2 rings (SSSR count). The molecule has 0 bridgehead atoms. The van der Waals surface area contributed by atoms with Crippen molar-refractivity contribution in [1.29, 1.82) is 0 Å². The molecule has 0 aromatic carbocycles. The third-order valence-corrected chi connectivity index (χ3v) is 2.27. The van der Waals surface area contributed by atoms with Gasteiger partial charge in [0.05, 0.1) is 0 Å². The van der Waals surface area contributed by atoms with Crippen LogP contribution in [0.1, 0.15) is 18.6 Å². The Morgan fingerprint density at radius 2 is 2.20 bits per heavy atom. The Balaban J connectivity index is 2.53. The topological polar surface area (TPSA) is 43.6 Å². The van der Waals surface area contributed by atoms with Gasteiger partial charge in [-0.15, -0.1) is 0 Å². The minimum atomic E-state index is 0.452. The lowest BCUT2D eigenvalue weighted by molar-refractivity contribution is 0.851. The Morgan fingerprint density at radius 3 is 2.87 bits per heavy atom. The normalized spacial score (nSPS) is 10.6. The first-order valence-corrected chi connectivity index (χ1v) is 5.12. The third-order valence-electron chi connectivity index (χ3n) is 2.07. The maximum Gasteiger partial charge on any atom is 0.143 e. The predicted molar refractivity (Wildman–Crippen MR) is 58.3 cm³/mol. The molecule has 0 aliphatic heterocycles. The molecule has 2 heterocycles. The number of aromatic nitrogens is 4. The van der Waals surface area contributed by atoms with E-state index < -0.39 is 0 Å². The second-order valence-electron chi connectivity index (χ2n) is 3.16. The first kappa shape index (κ1) is 10.1. The quantitative estimate of drug-likeness (QED) is 0.732. The molecule has 0 spiro atoms. The fraction of sp³-hybridized carbons (Fsp3) is 0.300. The van der Waals surface area contributed by atoms with Crippen molar-refractivity contribution >= 4 is 11.6 Å². The molecular formula is C10H11ClN4. The zero-order chi connectivity index (χ0) is 10.8. The van der Waals surface area contributed by atoms with Gasteiger partial charge in [0.25, 0.3) is 0 Å². The number of hydrogen-bond donors (Lipinski definition) is 0. The maximum absolute atomic E-state index is 5.88. The summed E-state index contributed by atoms with van der Waals surface area (Å²) in [5, 5.41) is 0.452. The van der Waals surface area contributed by atoms with Crippen molar-refractivity contribution in [3.05, 3.63) is 35.3 Å². The lowest BCUT2D eigenvalue weighted by Gasteiger charge is -2.06. The van der Waals surface area contributed by atoms with Crippen LogP contribution >= 0.6 is 11.6 Å². The molecule has 0 saturated carbocycles. The highest BCUT2D eigenvalue weighted by molar-refractivity contribution is 6.29. The summed E-state index contributed by atoms with van der Waals surface area (Å²) in [6.45, 7) is 3.87. The number of imidazole rings is 1. The molecule has 2 aromatic heterocycles. The number of nitrogens with zero attached hydrogens (tertiary/aromatic N) is 4. The largest absolute Gasteiger partial charge is 0.288 e. The first-order valence-electron chi connectivity index (χ1n) is 4.74. The van der Waals surface area contributed by atoms with E-state index in [1.807, 2.05) is 17.7 Å². The molecule has 0 atom stereocenters. The van der Waals surface area contributed by atoms with E-state index in [0.29, 0.717) is 11.0 Å². The SMILES string of the molecule is CCc1nccn1-c1cc(Cl)nc(C)n1. The van der Waals surface area contributed by atoms with Crippen LogP contribution in [0.2, 0.25) is 5.15 Å². The minimum Gasteiger partial charge on any atom is -0.288 e. The van der Waals surface area contributed by atoms with Crippen LogP contribution in [0.15, 0.2) is 18.5 Å². The van der Waals surface area contributed by atoms with E-state index in [2.05, 4.69) is 21.9 Å². The van der Waals surface area contributed by atoms with E-state index >= 15 is 0 Å². The zero-order valence-electron chi connectivity index (χ0n) is 8.61. The molecule has 78 valence electrons. The first-order chi connectivity index (χ1) is 7.20. The van der Waals surface area contributed by atoms with Crippen LogP contribution in [-0.4, -0.2) is 19.5 Å². The highest BCUT2D eigenvalue weighted by atomic mass is 35.5. The molecule has 0 radical (unpaired) electrons. The van der Waals surface area contributed by atoms with E-state index in [1.165, 1.54) is 0 Å². The zero-order valence-corrected chi connectivity index (χ0v) is 9.36. The Kier molecular flexibility index (Phi) is 2.68. The van der Waals surface area contributed by atoms with Crippen LogP contribution in [0.4, 0.5) is 0 Å². The van der Waals surface area contributed by atoms with Gasteiger partial charge in [-0.05, 0) is 6.92 Å². The monoisotopic (exact) mass is 222 g/mol. The molecule has 0 saturated heterocycles. The van der Waals surface area contributed by atoms with Crippen molar-refractivity contribution in [3.8, 4) is 5.82 Å². The molecule has 0 fully saturated rings. The second-order valence-corrected chi connectivity index (χ2v) is 3.55. The molecule has 0 unspecified atom stereocenters. The molecule has 2 aromatic rings. The van der Waals surface area contributed by atoms with Crippen LogP contribution in [0.3, 0.4) is 0 Å². The summed E-state index contributed by atoms with van der Waals surface area (Å²) in [5.74, 6) is 2.39. The van der Waals surface area contributed by atoms with Gasteiger partial charge in [-0.2, -0.15) is 0 Å². The van der Waals surface area contributed by atoms with Crippen LogP contribution < -0.4 is 0 Å². The van der Waals surface area contributed by atoms with Crippen molar-refractivity contribution in [2.75, 3.05) is 0 Å². The van der Waals surface area contributed by atoms with Gasteiger partial charge in [0.15, 0.2) is 0 Å². The molecule has 0 aliphatic rings. The second kappa shape index (κ2) is 3.98. The van der Waals surface area contributed by atoms with Crippen LogP contribution in [0, 0.1) is 6.92 Å². The van der Waals surface area contributed by atoms with Gasteiger partial charge < -0.3 is 0 Å². The summed E-state index contributed by atoms with van der Waals surface area (Å²) >= 11 is 5.88. The van der Waals surface area contributed by atoms with Gasteiger partial charge in [0, 0.05) is 24.9 Å². The summed E-state index contributed by atoms with van der Waals surface area (Å²) in [6.07, 6.45) is 4.48. The minimum absolute atomic E-state index is 0.452. The Labute approximate surface area is 93.0 Å². The number of halogens is 1. The van der Waals surface area contributed by atoms with Gasteiger partial charge >= 0.3 is 0 Å². The fourth-order valence-corrected chi connectivity index (χ4v) is 1.66. The Bertz CT molecular complexity index is 458. The van der Waals surface area contributed by atoms with Crippen LogP contribution in [0.25, 0.3) is 5.82 Å². The number of rotatable bonds is 2. The number of hydrogen-bond acceptors (Lipinski definition) is 3. The summed E-state index contributed by atoms with van der Waals surface area (Å²) in [7, 11) is 0. The van der Waals surface area contributed by atoms with E-state index in [4.69, 9.17) is 11.6 Å². The summed E-state index contributed by atoms with van der Waals surface area (Å²) in [4.78, 5) is 12.6. The maximum atomic E-state index is 5.88. The average molecular weight is 223 g/mol. The van der Waals surface area contributed by atoms with E-state index in [9.17, 15) is 0 Å². The Morgan fingerprint density at radius 1 is 1.40 bits per heavy atom. The number of aryl methyl sites for hydroxylation is 2. The molecule has 5 heteroatoms. The van der Waals surface area contributed by atoms with Crippen LogP contribution in [-0.2, 0) is 6.42 Å². The standard InChI is InChI=1S/C10H11ClN4/c1-3-9-12-4-5-15(9)10-6-8(11)13-7(2)14-10/h4-6H,3H2,1-2H3. The van der Waals surface area contributed by atoms with E-state index in [0.717, 1.165) is 18.1 Å². The Hall–Kier alpha value is -1.42. The lowest BCUT2D eigenvalue weighted by atomic mass is 10.4. The van der Waals surface area contributed by atoms with Crippen molar-refractivity contribution in [3.63, 3.8) is 0 Å². The third kappa shape index (κ3) is 1.99. The van der Waals surface area contributed by atoms with Gasteiger partial charge in [-0.3, -0.25) is 4.57 Å². The van der Waals surface area contributed by atoms with Crippen molar-refractivity contribution < 1.29 is 0 Å². The molecule has 0 amide bonds. The van der Waals surface area contributed by atoms with Crippen molar-refractivity contribution in [2.45, 2.75) is 20.3 Å². The average Bonchev–Trinajstić information content (AvgIpc) is 2.63. The summed E-state index contributed by atoms with van der Waals surface area (Å²) in [6, 6.07) is 1.73. The molecule has 0 N–H and O–H groups in total. The van der Waals surface area contributed by atoms with E-state index in [1.54, 1.807) is 12.3 Å². The van der Waals surface area contributed by atoms with Crippen molar-refractivity contribution in [1.82, 2.24) is 19.5 Å². The van der Waals surface area contributed by atoms with Gasteiger partial charge in [0.2, 0.25) is 0 Å². The predicted octanol–water partition coefficient (Wildman–Crippen LogP) is 2.19. The molecule has 4 nitrogen and oxygen atoms in total. The van der Waals surface area contributed by atoms with Gasteiger partial charge in [-0.25, -0.2) is 15.0 Å². The lowest BCUT2D eigenvalue weighted by Crippen LogP contribution is -2.03. The smallest absolute Gasteiger partial charge is 0.143 e.